The summed E-state index contributed by atoms with van der Waals surface area (Å²) in [6.45, 7) is 0.991. The first kappa shape index (κ1) is 13.3. The molecule has 5 nitrogen and oxygen atoms in total. The Labute approximate surface area is 108 Å². The van der Waals surface area contributed by atoms with E-state index in [0.717, 1.165) is 12.8 Å². The minimum Gasteiger partial charge on any atom is -0.497 e. The SMILES string of the molecule is COc1ccc(S(=O)(=O)N2CCC(N)CC2)cc1. The Morgan fingerprint density at radius 3 is 2.28 bits per heavy atom. The van der Waals surface area contributed by atoms with Crippen LogP contribution in [0.1, 0.15) is 12.8 Å². The summed E-state index contributed by atoms with van der Waals surface area (Å²) in [4.78, 5) is 0.304. The molecule has 6 heteroatoms. The summed E-state index contributed by atoms with van der Waals surface area (Å²) in [7, 11) is -1.84. The van der Waals surface area contributed by atoms with Gasteiger partial charge in [-0.05, 0) is 37.1 Å². The average Bonchev–Trinajstić information content (AvgIpc) is 2.39. The second kappa shape index (κ2) is 5.26. The highest BCUT2D eigenvalue weighted by molar-refractivity contribution is 7.89. The van der Waals surface area contributed by atoms with Crippen LogP contribution in [0.25, 0.3) is 0 Å². The molecule has 0 aromatic heterocycles. The number of benzene rings is 1. The first-order valence-corrected chi connectivity index (χ1v) is 7.38. The number of rotatable bonds is 3. The molecule has 0 atom stereocenters. The van der Waals surface area contributed by atoms with E-state index in [2.05, 4.69) is 0 Å². The quantitative estimate of drug-likeness (QED) is 0.882. The molecule has 1 aromatic carbocycles. The molecule has 0 amide bonds. The minimum absolute atomic E-state index is 0.118. The zero-order valence-electron chi connectivity index (χ0n) is 10.4. The normalized spacial score (nSPS) is 18.8. The van der Waals surface area contributed by atoms with E-state index >= 15 is 0 Å². The minimum atomic E-state index is -3.39. The molecule has 0 radical (unpaired) electrons. The summed E-state index contributed by atoms with van der Waals surface area (Å²) in [6.07, 6.45) is 1.44. The Hall–Kier alpha value is -1.11. The van der Waals surface area contributed by atoms with E-state index in [1.807, 2.05) is 0 Å². The van der Waals surface area contributed by atoms with Gasteiger partial charge in [-0.15, -0.1) is 0 Å². The van der Waals surface area contributed by atoms with Crippen LogP contribution in [0.3, 0.4) is 0 Å². The Balaban J connectivity index is 2.19. The molecule has 1 saturated heterocycles. The molecular formula is C12H18N2O3S. The lowest BCUT2D eigenvalue weighted by atomic mass is 10.1. The van der Waals surface area contributed by atoms with Crippen LogP contribution in [0.2, 0.25) is 0 Å². The molecule has 0 saturated carbocycles. The number of hydrogen-bond donors (Lipinski definition) is 1. The van der Waals surface area contributed by atoms with Crippen LogP contribution in [0.5, 0.6) is 5.75 Å². The van der Waals surface area contributed by atoms with Gasteiger partial charge >= 0.3 is 0 Å². The van der Waals surface area contributed by atoms with Crippen molar-refractivity contribution in [2.24, 2.45) is 5.73 Å². The molecule has 0 bridgehead atoms. The number of sulfonamides is 1. The van der Waals surface area contributed by atoms with Crippen LogP contribution in [0.4, 0.5) is 0 Å². The van der Waals surface area contributed by atoms with Crippen LogP contribution in [-0.2, 0) is 10.0 Å². The summed E-state index contributed by atoms with van der Waals surface area (Å²) >= 11 is 0. The third-order valence-electron chi connectivity index (χ3n) is 3.20. The molecule has 1 aliphatic heterocycles. The molecular weight excluding hydrogens is 252 g/mol. The molecule has 1 heterocycles. The van der Waals surface area contributed by atoms with Gasteiger partial charge in [0.2, 0.25) is 10.0 Å². The maximum absolute atomic E-state index is 12.3. The lowest BCUT2D eigenvalue weighted by Crippen LogP contribution is -2.42. The second-order valence-corrected chi connectivity index (χ2v) is 6.35. The standard InChI is InChI=1S/C12H18N2O3S/c1-17-11-2-4-12(5-3-11)18(15,16)14-8-6-10(13)7-9-14/h2-5,10H,6-9,13H2,1H3. The summed E-state index contributed by atoms with van der Waals surface area (Å²) < 4.78 is 31.2. The van der Waals surface area contributed by atoms with Crippen molar-refractivity contribution in [2.75, 3.05) is 20.2 Å². The van der Waals surface area contributed by atoms with Gasteiger partial charge in [0.05, 0.1) is 12.0 Å². The van der Waals surface area contributed by atoms with E-state index < -0.39 is 10.0 Å². The third kappa shape index (κ3) is 2.66. The molecule has 2 rings (SSSR count). The van der Waals surface area contributed by atoms with Crippen LogP contribution in [0, 0.1) is 0 Å². The van der Waals surface area contributed by atoms with Crippen LogP contribution < -0.4 is 10.5 Å². The lowest BCUT2D eigenvalue weighted by Gasteiger charge is -2.29. The Bertz CT molecular complexity index is 491. The number of nitrogens with zero attached hydrogens (tertiary/aromatic N) is 1. The van der Waals surface area contributed by atoms with Gasteiger partial charge in [-0.3, -0.25) is 0 Å². The van der Waals surface area contributed by atoms with Gasteiger partial charge in [0.1, 0.15) is 5.75 Å². The molecule has 1 aromatic rings. The maximum atomic E-state index is 12.3. The zero-order valence-corrected chi connectivity index (χ0v) is 11.2. The Morgan fingerprint density at radius 2 is 1.78 bits per heavy atom. The molecule has 18 heavy (non-hydrogen) atoms. The third-order valence-corrected chi connectivity index (χ3v) is 5.11. The summed E-state index contributed by atoms with van der Waals surface area (Å²) in [5, 5.41) is 0. The Kier molecular flexibility index (Phi) is 3.89. The predicted molar refractivity (Wildman–Crippen MR) is 69.0 cm³/mol. The van der Waals surface area contributed by atoms with Gasteiger partial charge in [0.15, 0.2) is 0 Å². The predicted octanol–water partition coefficient (Wildman–Crippen LogP) is 0.807. The van der Waals surface area contributed by atoms with Crippen LogP contribution in [0.15, 0.2) is 29.2 Å². The largest absolute Gasteiger partial charge is 0.497 e. The van der Waals surface area contributed by atoms with E-state index in [-0.39, 0.29) is 6.04 Å². The average molecular weight is 270 g/mol. The van der Waals surface area contributed by atoms with Gasteiger partial charge in [0.25, 0.3) is 0 Å². The zero-order chi connectivity index (χ0) is 13.2. The monoisotopic (exact) mass is 270 g/mol. The van der Waals surface area contributed by atoms with Crippen molar-refractivity contribution in [3.8, 4) is 5.75 Å². The number of hydrogen-bond acceptors (Lipinski definition) is 4. The fourth-order valence-corrected chi connectivity index (χ4v) is 3.48. The molecule has 0 spiro atoms. The van der Waals surface area contributed by atoms with E-state index in [1.165, 1.54) is 4.31 Å². The Morgan fingerprint density at radius 1 is 1.22 bits per heavy atom. The first-order valence-electron chi connectivity index (χ1n) is 5.94. The van der Waals surface area contributed by atoms with Crippen molar-refractivity contribution in [3.63, 3.8) is 0 Å². The molecule has 2 N–H and O–H groups in total. The van der Waals surface area contributed by atoms with Gasteiger partial charge in [-0.1, -0.05) is 0 Å². The van der Waals surface area contributed by atoms with Crippen LogP contribution >= 0.6 is 0 Å². The fourth-order valence-electron chi connectivity index (χ4n) is 2.01. The lowest BCUT2D eigenvalue weighted by molar-refractivity contribution is 0.320. The van der Waals surface area contributed by atoms with Crippen molar-refractivity contribution in [3.05, 3.63) is 24.3 Å². The summed E-state index contributed by atoms with van der Waals surface area (Å²) in [6, 6.07) is 6.57. The molecule has 0 unspecified atom stereocenters. The number of methoxy groups -OCH3 is 1. The second-order valence-electron chi connectivity index (χ2n) is 4.42. The van der Waals surface area contributed by atoms with Gasteiger partial charge < -0.3 is 10.5 Å². The van der Waals surface area contributed by atoms with E-state index in [4.69, 9.17) is 10.5 Å². The molecule has 1 aliphatic rings. The van der Waals surface area contributed by atoms with Crippen molar-refractivity contribution in [1.29, 1.82) is 0 Å². The molecule has 100 valence electrons. The van der Waals surface area contributed by atoms with Crippen molar-refractivity contribution in [1.82, 2.24) is 4.31 Å². The molecule has 1 fully saturated rings. The first-order chi connectivity index (χ1) is 8.54. The van der Waals surface area contributed by atoms with Crippen molar-refractivity contribution < 1.29 is 13.2 Å². The van der Waals surface area contributed by atoms with Crippen LogP contribution in [-0.4, -0.2) is 39.0 Å². The van der Waals surface area contributed by atoms with E-state index in [1.54, 1.807) is 31.4 Å². The van der Waals surface area contributed by atoms with Gasteiger partial charge in [-0.25, -0.2) is 8.42 Å². The van der Waals surface area contributed by atoms with Crippen molar-refractivity contribution in [2.45, 2.75) is 23.8 Å². The number of nitrogens with two attached hydrogens (primary N) is 1. The highest BCUT2D eigenvalue weighted by Gasteiger charge is 2.27. The van der Waals surface area contributed by atoms with Crippen molar-refractivity contribution >= 4 is 10.0 Å². The fraction of sp³-hybridized carbons (Fsp3) is 0.500. The van der Waals surface area contributed by atoms with Gasteiger partial charge in [-0.2, -0.15) is 4.31 Å². The van der Waals surface area contributed by atoms with Gasteiger partial charge in [0, 0.05) is 19.1 Å². The smallest absolute Gasteiger partial charge is 0.243 e. The topological polar surface area (TPSA) is 72.6 Å². The number of piperidine rings is 1. The van der Waals surface area contributed by atoms with E-state index in [0.29, 0.717) is 23.7 Å². The summed E-state index contributed by atoms with van der Waals surface area (Å²) in [5.74, 6) is 0.648. The van der Waals surface area contributed by atoms with E-state index in [9.17, 15) is 8.42 Å². The summed E-state index contributed by atoms with van der Waals surface area (Å²) in [5.41, 5.74) is 5.78. The highest BCUT2D eigenvalue weighted by Crippen LogP contribution is 2.22. The molecule has 0 aliphatic carbocycles. The number of ether oxygens (including phenoxy) is 1. The maximum Gasteiger partial charge on any atom is 0.243 e. The highest BCUT2D eigenvalue weighted by atomic mass is 32.2.